The summed E-state index contributed by atoms with van der Waals surface area (Å²) in [5.41, 5.74) is 0.465. The van der Waals surface area contributed by atoms with Gasteiger partial charge in [0.05, 0.1) is 5.41 Å². The molecule has 0 bridgehead atoms. The number of allylic oxidation sites excluding steroid dienone is 1. The molecule has 0 aliphatic carbocycles. The van der Waals surface area contributed by atoms with Crippen LogP contribution in [0.25, 0.3) is 0 Å². The first-order valence-electron chi connectivity index (χ1n) is 7.40. The maximum Gasteiger partial charge on any atom is 0.309 e. The number of rotatable bonds is 6. The summed E-state index contributed by atoms with van der Waals surface area (Å²) in [5.74, 6) is -0.406. The summed E-state index contributed by atoms with van der Waals surface area (Å²) in [7, 11) is 0. The number of nitrogens with zero attached hydrogens (tertiary/aromatic N) is 1. The zero-order valence-electron chi connectivity index (χ0n) is 12.3. The number of carbonyl (C=O) groups is 1. The summed E-state index contributed by atoms with van der Waals surface area (Å²) in [6, 6.07) is 7.23. The van der Waals surface area contributed by atoms with Gasteiger partial charge in [0.15, 0.2) is 0 Å². The zero-order valence-corrected chi connectivity index (χ0v) is 12.3. The average molecular weight is 289 g/mol. The number of aromatic hydroxyl groups is 1. The fraction of sp³-hybridized carbons (Fsp3) is 0.471. The largest absolute Gasteiger partial charge is 0.508 e. The fourth-order valence-electron chi connectivity index (χ4n) is 3.00. The highest BCUT2D eigenvalue weighted by Gasteiger charge is 2.40. The monoisotopic (exact) mass is 289 g/mol. The Hall–Kier alpha value is -1.81. The lowest BCUT2D eigenvalue weighted by Crippen LogP contribution is -2.44. The first-order valence-corrected chi connectivity index (χ1v) is 7.40. The zero-order chi connectivity index (χ0) is 15.3. The normalized spacial score (nSPS) is 18.3. The maximum absolute atomic E-state index is 11.6. The fourth-order valence-corrected chi connectivity index (χ4v) is 3.00. The van der Waals surface area contributed by atoms with Crippen LogP contribution in [0.4, 0.5) is 0 Å². The van der Waals surface area contributed by atoms with Crippen molar-refractivity contribution < 1.29 is 15.0 Å². The molecule has 1 saturated heterocycles. The molecule has 1 aromatic carbocycles. The van der Waals surface area contributed by atoms with Gasteiger partial charge in [-0.25, -0.2) is 0 Å². The molecule has 0 radical (unpaired) electrons. The topological polar surface area (TPSA) is 60.8 Å². The van der Waals surface area contributed by atoms with Crippen LogP contribution >= 0.6 is 0 Å². The van der Waals surface area contributed by atoms with Crippen LogP contribution in [0.3, 0.4) is 0 Å². The predicted molar refractivity (Wildman–Crippen MR) is 82.1 cm³/mol. The van der Waals surface area contributed by atoms with Gasteiger partial charge in [0, 0.05) is 6.54 Å². The molecule has 1 heterocycles. The summed E-state index contributed by atoms with van der Waals surface area (Å²) in [6.45, 7) is 6.00. The lowest BCUT2D eigenvalue weighted by atomic mass is 9.75. The second-order valence-electron chi connectivity index (χ2n) is 5.86. The molecule has 1 aliphatic rings. The molecule has 21 heavy (non-hydrogen) atoms. The van der Waals surface area contributed by atoms with Crippen molar-refractivity contribution in [2.45, 2.75) is 32.2 Å². The summed E-state index contributed by atoms with van der Waals surface area (Å²) < 4.78 is 0. The quantitative estimate of drug-likeness (QED) is 0.790. The van der Waals surface area contributed by atoms with Gasteiger partial charge in [-0.3, -0.25) is 9.69 Å². The molecule has 0 saturated carbocycles. The molecule has 1 fully saturated rings. The van der Waals surface area contributed by atoms with Crippen LogP contribution in [-0.2, 0) is 11.3 Å². The van der Waals surface area contributed by atoms with E-state index in [-0.39, 0.29) is 5.75 Å². The van der Waals surface area contributed by atoms with E-state index in [0.29, 0.717) is 19.3 Å². The van der Waals surface area contributed by atoms with E-state index in [0.717, 1.165) is 31.6 Å². The Morgan fingerprint density at radius 1 is 1.38 bits per heavy atom. The van der Waals surface area contributed by atoms with Crippen LogP contribution in [-0.4, -0.2) is 34.2 Å². The predicted octanol–water partition coefficient (Wildman–Crippen LogP) is 3.03. The molecular weight excluding hydrogens is 266 g/mol. The average Bonchev–Trinajstić information content (AvgIpc) is 2.46. The van der Waals surface area contributed by atoms with E-state index in [9.17, 15) is 15.0 Å². The summed E-state index contributed by atoms with van der Waals surface area (Å²) >= 11 is 0. The van der Waals surface area contributed by atoms with Crippen LogP contribution in [0.2, 0.25) is 0 Å². The Bertz CT molecular complexity index is 505. The lowest BCUT2D eigenvalue weighted by molar-refractivity contribution is -0.152. The van der Waals surface area contributed by atoms with E-state index in [4.69, 9.17) is 0 Å². The number of carboxylic acids is 1. The van der Waals surface area contributed by atoms with Gasteiger partial charge in [-0.2, -0.15) is 0 Å². The Kier molecular flexibility index (Phi) is 5.02. The smallest absolute Gasteiger partial charge is 0.309 e. The second-order valence-corrected chi connectivity index (χ2v) is 5.86. The third kappa shape index (κ3) is 3.85. The number of benzene rings is 1. The summed E-state index contributed by atoms with van der Waals surface area (Å²) in [6.07, 6.45) is 4.57. The van der Waals surface area contributed by atoms with Crippen molar-refractivity contribution in [3.05, 3.63) is 42.5 Å². The molecule has 0 aromatic heterocycles. The molecule has 4 nitrogen and oxygen atoms in total. The number of phenols is 1. The van der Waals surface area contributed by atoms with Crippen LogP contribution in [0, 0.1) is 5.41 Å². The van der Waals surface area contributed by atoms with E-state index >= 15 is 0 Å². The van der Waals surface area contributed by atoms with Crippen molar-refractivity contribution in [1.29, 1.82) is 0 Å². The van der Waals surface area contributed by atoms with E-state index in [1.807, 2.05) is 12.1 Å². The third-order valence-electron chi connectivity index (χ3n) is 4.41. The highest BCUT2D eigenvalue weighted by atomic mass is 16.4. The minimum atomic E-state index is -0.679. The molecule has 0 spiro atoms. The Labute approximate surface area is 125 Å². The van der Waals surface area contributed by atoms with Crippen molar-refractivity contribution in [3.63, 3.8) is 0 Å². The van der Waals surface area contributed by atoms with E-state index in [1.165, 1.54) is 0 Å². The summed E-state index contributed by atoms with van der Waals surface area (Å²) in [5, 5.41) is 19.0. The maximum atomic E-state index is 11.6. The van der Waals surface area contributed by atoms with Gasteiger partial charge in [0.2, 0.25) is 0 Å². The first-order chi connectivity index (χ1) is 10.1. The molecule has 0 unspecified atom stereocenters. The van der Waals surface area contributed by atoms with Crippen molar-refractivity contribution in [1.82, 2.24) is 4.90 Å². The molecule has 1 aromatic rings. The molecular formula is C17H23NO3. The highest BCUT2D eigenvalue weighted by Crippen LogP contribution is 2.37. The van der Waals surface area contributed by atoms with Gasteiger partial charge in [-0.15, -0.1) is 6.58 Å². The summed E-state index contributed by atoms with van der Waals surface area (Å²) in [4.78, 5) is 13.9. The van der Waals surface area contributed by atoms with Gasteiger partial charge >= 0.3 is 5.97 Å². The van der Waals surface area contributed by atoms with Crippen LogP contribution in [0.15, 0.2) is 36.9 Å². The van der Waals surface area contributed by atoms with Crippen molar-refractivity contribution in [2.24, 2.45) is 5.41 Å². The molecule has 0 amide bonds. The van der Waals surface area contributed by atoms with Gasteiger partial charge in [-0.05, 0) is 56.5 Å². The van der Waals surface area contributed by atoms with Gasteiger partial charge in [0.1, 0.15) is 5.75 Å². The molecule has 1 aliphatic heterocycles. The van der Waals surface area contributed by atoms with E-state index in [1.54, 1.807) is 18.2 Å². The number of phenolic OH excluding ortho intramolecular Hbond substituents is 1. The van der Waals surface area contributed by atoms with Gasteiger partial charge in [-0.1, -0.05) is 18.2 Å². The minimum Gasteiger partial charge on any atom is -0.508 e. The molecule has 4 heteroatoms. The number of aliphatic carboxylic acids is 1. The SMILES string of the molecule is C=CCCC1(C(=O)O)CCN(Cc2cccc(O)c2)CC1. The van der Waals surface area contributed by atoms with Gasteiger partial charge < -0.3 is 10.2 Å². The number of likely N-dealkylation sites (tertiary alicyclic amines) is 1. The van der Waals surface area contributed by atoms with Crippen LogP contribution < -0.4 is 0 Å². The molecule has 2 rings (SSSR count). The number of piperidine rings is 1. The number of hydrogen-bond donors (Lipinski definition) is 2. The van der Waals surface area contributed by atoms with Crippen LogP contribution in [0.1, 0.15) is 31.2 Å². The van der Waals surface area contributed by atoms with Crippen molar-refractivity contribution >= 4 is 5.97 Å². The molecule has 0 atom stereocenters. The Morgan fingerprint density at radius 3 is 2.67 bits per heavy atom. The Morgan fingerprint density at radius 2 is 2.10 bits per heavy atom. The Balaban J connectivity index is 1.95. The van der Waals surface area contributed by atoms with Gasteiger partial charge in [0.25, 0.3) is 0 Å². The third-order valence-corrected chi connectivity index (χ3v) is 4.41. The second kappa shape index (κ2) is 6.76. The van der Waals surface area contributed by atoms with Crippen molar-refractivity contribution in [3.8, 4) is 5.75 Å². The molecule has 114 valence electrons. The number of carboxylic acid groups (broad SMARTS) is 1. The minimum absolute atomic E-state index is 0.273. The first kappa shape index (κ1) is 15.6. The standard InChI is InChI=1S/C17H23NO3/c1-2-3-7-17(16(20)21)8-10-18(11-9-17)13-14-5-4-6-15(19)12-14/h2,4-6,12,19H,1,3,7-11,13H2,(H,20,21). The van der Waals surface area contributed by atoms with Crippen LogP contribution in [0.5, 0.6) is 5.75 Å². The molecule has 2 N–H and O–H groups in total. The van der Waals surface area contributed by atoms with Crippen molar-refractivity contribution in [2.75, 3.05) is 13.1 Å². The van der Waals surface area contributed by atoms with E-state index in [2.05, 4.69) is 11.5 Å². The van der Waals surface area contributed by atoms with E-state index < -0.39 is 11.4 Å². The highest BCUT2D eigenvalue weighted by molar-refractivity contribution is 5.74. The number of hydrogen-bond acceptors (Lipinski definition) is 3. The lowest BCUT2D eigenvalue weighted by Gasteiger charge is -2.38.